The number of nitrogen functional groups attached to an aromatic ring is 1. The second-order valence-corrected chi connectivity index (χ2v) is 5.43. The van der Waals surface area contributed by atoms with Gasteiger partial charge in [0, 0.05) is 24.0 Å². The average Bonchev–Trinajstić information content (AvgIpc) is 3.16. The van der Waals surface area contributed by atoms with Gasteiger partial charge in [0.05, 0.1) is 6.33 Å². The molecule has 6 heteroatoms. The Morgan fingerprint density at radius 3 is 2.62 bits per heavy atom. The highest BCUT2D eigenvalue weighted by Crippen LogP contribution is 2.32. The predicted molar refractivity (Wildman–Crippen MR) is 80.5 cm³/mol. The molecule has 3 heterocycles. The van der Waals surface area contributed by atoms with Crippen molar-refractivity contribution in [3.8, 4) is 11.4 Å². The molecule has 0 amide bonds. The highest BCUT2D eigenvalue weighted by molar-refractivity contribution is 5.83. The highest BCUT2D eigenvalue weighted by Gasteiger charge is 2.21. The van der Waals surface area contributed by atoms with E-state index in [1.54, 1.807) is 12.4 Å². The number of pyridine rings is 1. The predicted octanol–water partition coefficient (Wildman–Crippen LogP) is 2.59. The number of rotatable bonds is 2. The van der Waals surface area contributed by atoms with Crippen LogP contribution in [0.2, 0.25) is 0 Å². The van der Waals surface area contributed by atoms with Crippen molar-refractivity contribution in [1.82, 2.24) is 24.5 Å². The minimum atomic E-state index is 0.434. The first-order chi connectivity index (χ1) is 10.3. The Morgan fingerprint density at radius 2 is 1.86 bits per heavy atom. The zero-order chi connectivity index (χ0) is 14.2. The lowest BCUT2D eigenvalue weighted by molar-refractivity contribution is 0.529. The molecule has 3 aromatic rings. The van der Waals surface area contributed by atoms with Gasteiger partial charge < -0.3 is 10.3 Å². The van der Waals surface area contributed by atoms with E-state index in [1.807, 2.05) is 18.5 Å². The minimum absolute atomic E-state index is 0.434. The molecule has 0 spiro atoms. The summed E-state index contributed by atoms with van der Waals surface area (Å²) in [4.78, 5) is 17.5. The molecule has 1 fully saturated rings. The summed E-state index contributed by atoms with van der Waals surface area (Å²) < 4.78 is 2.16. The van der Waals surface area contributed by atoms with E-state index in [2.05, 4.69) is 19.5 Å². The fourth-order valence-electron chi connectivity index (χ4n) is 3.02. The van der Waals surface area contributed by atoms with Crippen LogP contribution in [-0.2, 0) is 0 Å². The lowest BCUT2D eigenvalue weighted by Crippen LogP contribution is -2.05. The Balaban J connectivity index is 1.89. The minimum Gasteiger partial charge on any atom is -0.382 e. The van der Waals surface area contributed by atoms with Gasteiger partial charge in [0.15, 0.2) is 17.3 Å². The van der Waals surface area contributed by atoms with Crippen molar-refractivity contribution < 1.29 is 0 Å². The maximum atomic E-state index is 6.06. The average molecular weight is 280 g/mol. The molecule has 6 nitrogen and oxygen atoms in total. The normalized spacial score (nSPS) is 15.8. The molecule has 2 N–H and O–H groups in total. The van der Waals surface area contributed by atoms with Crippen LogP contribution in [-0.4, -0.2) is 24.5 Å². The molecule has 0 radical (unpaired) electrons. The third-order valence-electron chi connectivity index (χ3n) is 4.10. The number of nitrogens with zero attached hydrogens (tertiary/aromatic N) is 5. The number of fused-ring (bicyclic) bond motifs is 1. The SMILES string of the molecule is Nc1nc(-c2ccncc2)nc2c1ncn2C1CCCC1. The van der Waals surface area contributed by atoms with E-state index < -0.39 is 0 Å². The molecule has 21 heavy (non-hydrogen) atoms. The zero-order valence-corrected chi connectivity index (χ0v) is 11.6. The Kier molecular flexibility index (Phi) is 2.80. The number of imidazole rings is 1. The summed E-state index contributed by atoms with van der Waals surface area (Å²) >= 11 is 0. The summed E-state index contributed by atoms with van der Waals surface area (Å²) in [6, 6.07) is 4.25. The first kappa shape index (κ1) is 12.3. The zero-order valence-electron chi connectivity index (χ0n) is 11.6. The summed E-state index contributed by atoms with van der Waals surface area (Å²) in [5.41, 5.74) is 8.51. The Bertz CT molecular complexity index is 773. The molecular weight excluding hydrogens is 264 g/mol. The molecule has 0 aliphatic heterocycles. The van der Waals surface area contributed by atoms with Crippen LogP contribution in [0.4, 0.5) is 5.82 Å². The molecule has 3 aromatic heterocycles. The lowest BCUT2D eigenvalue weighted by Gasteiger charge is -2.12. The molecule has 1 aliphatic carbocycles. The Morgan fingerprint density at radius 1 is 1.10 bits per heavy atom. The van der Waals surface area contributed by atoms with Gasteiger partial charge in [0.1, 0.15) is 5.52 Å². The Labute approximate surface area is 122 Å². The van der Waals surface area contributed by atoms with E-state index in [4.69, 9.17) is 10.7 Å². The number of aromatic nitrogens is 5. The van der Waals surface area contributed by atoms with Crippen LogP contribution in [0.3, 0.4) is 0 Å². The van der Waals surface area contributed by atoms with Crippen molar-refractivity contribution in [1.29, 1.82) is 0 Å². The van der Waals surface area contributed by atoms with Crippen LogP contribution in [0.1, 0.15) is 31.7 Å². The van der Waals surface area contributed by atoms with Crippen molar-refractivity contribution in [2.24, 2.45) is 0 Å². The van der Waals surface area contributed by atoms with Crippen molar-refractivity contribution in [2.45, 2.75) is 31.7 Å². The molecule has 0 atom stereocenters. The van der Waals surface area contributed by atoms with E-state index >= 15 is 0 Å². The van der Waals surface area contributed by atoms with Gasteiger partial charge in [0.2, 0.25) is 0 Å². The van der Waals surface area contributed by atoms with Crippen LogP contribution in [0.25, 0.3) is 22.6 Å². The highest BCUT2D eigenvalue weighted by atomic mass is 15.2. The molecule has 0 saturated heterocycles. The van der Waals surface area contributed by atoms with Crippen molar-refractivity contribution in [3.05, 3.63) is 30.9 Å². The Hall–Kier alpha value is -2.50. The summed E-state index contributed by atoms with van der Waals surface area (Å²) in [7, 11) is 0. The maximum absolute atomic E-state index is 6.06. The summed E-state index contributed by atoms with van der Waals surface area (Å²) in [6.07, 6.45) is 10.2. The van der Waals surface area contributed by atoms with Gasteiger partial charge in [-0.15, -0.1) is 0 Å². The summed E-state index contributed by atoms with van der Waals surface area (Å²) in [6.45, 7) is 0. The molecule has 106 valence electrons. The number of anilines is 1. The second kappa shape index (κ2) is 4.80. The van der Waals surface area contributed by atoms with Crippen molar-refractivity contribution in [3.63, 3.8) is 0 Å². The van der Waals surface area contributed by atoms with Gasteiger partial charge >= 0.3 is 0 Å². The third kappa shape index (κ3) is 2.03. The van der Waals surface area contributed by atoms with Crippen molar-refractivity contribution in [2.75, 3.05) is 5.73 Å². The topological polar surface area (TPSA) is 82.5 Å². The standard InChI is InChI=1S/C15H16N6/c16-13-12-15(21(9-18-12)11-3-1-2-4-11)20-14(19-13)10-5-7-17-8-6-10/h5-9,11H,1-4H2,(H2,16,19,20). The maximum Gasteiger partial charge on any atom is 0.166 e. The monoisotopic (exact) mass is 280 g/mol. The quantitative estimate of drug-likeness (QED) is 0.780. The van der Waals surface area contributed by atoms with Gasteiger partial charge in [-0.3, -0.25) is 4.98 Å². The van der Waals surface area contributed by atoms with Crippen molar-refractivity contribution >= 4 is 17.0 Å². The van der Waals surface area contributed by atoms with Gasteiger partial charge in [0.25, 0.3) is 0 Å². The molecule has 0 unspecified atom stereocenters. The van der Waals surface area contributed by atoms with E-state index in [-0.39, 0.29) is 0 Å². The molecular formula is C15H16N6. The number of hydrogen-bond donors (Lipinski definition) is 1. The fourth-order valence-corrected chi connectivity index (χ4v) is 3.02. The summed E-state index contributed by atoms with van der Waals surface area (Å²) in [5.74, 6) is 1.06. The van der Waals surface area contributed by atoms with Gasteiger partial charge in [-0.25, -0.2) is 15.0 Å². The van der Waals surface area contributed by atoms with E-state index in [0.29, 0.717) is 23.2 Å². The molecule has 0 aromatic carbocycles. The van der Waals surface area contributed by atoms with Crippen LogP contribution >= 0.6 is 0 Å². The van der Waals surface area contributed by atoms with Crippen LogP contribution < -0.4 is 5.73 Å². The third-order valence-corrected chi connectivity index (χ3v) is 4.10. The first-order valence-electron chi connectivity index (χ1n) is 7.23. The fraction of sp³-hybridized carbons (Fsp3) is 0.333. The van der Waals surface area contributed by atoms with E-state index in [0.717, 1.165) is 11.2 Å². The largest absolute Gasteiger partial charge is 0.382 e. The van der Waals surface area contributed by atoms with E-state index in [1.165, 1.54) is 25.7 Å². The molecule has 1 aliphatic rings. The number of nitrogens with two attached hydrogens (primary N) is 1. The first-order valence-corrected chi connectivity index (χ1v) is 7.23. The van der Waals surface area contributed by atoms with Crippen LogP contribution in [0, 0.1) is 0 Å². The summed E-state index contributed by atoms with van der Waals surface area (Å²) in [5, 5.41) is 0. The molecule has 4 rings (SSSR count). The van der Waals surface area contributed by atoms with Crippen LogP contribution in [0.15, 0.2) is 30.9 Å². The molecule has 0 bridgehead atoms. The van der Waals surface area contributed by atoms with Crippen LogP contribution in [0.5, 0.6) is 0 Å². The molecule has 1 saturated carbocycles. The lowest BCUT2D eigenvalue weighted by atomic mass is 10.2. The second-order valence-electron chi connectivity index (χ2n) is 5.43. The van der Waals surface area contributed by atoms with Gasteiger partial charge in [-0.2, -0.15) is 0 Å². The van der Waals surface area contributed by atoms with E-state index in [9.17, 15) is 0 Å². The van der Waals surface area contributed by atoms with Gasteiger partial charge in [-0.05, 0) is 25.0 Å². The smallest absolute Gasteiger partial charge is 0.166 e. The number of hydrogen-bond acceptors (Lipinski definition) is 5. The van der Waals surface area contributed by atoms with Gasteiger partial charge in [-0.1, -0.05) is 12.8 Å².